The molecule has 0 unspecified atom stereocenters. The van der Waals surface area contributed by atoms with Crippen LogP contribution in [0.25, 0.3) is 0 Å². The Hall–Kier alpha value is -2.54. The summed E-state index contributed by atoms with van der Waals surface area (Å²) >= 11 is 0. The van der Waals surface area contributed by atoms with Crippen molar-refractivity contribution < 1.29 is 17.9 Å². The first-order valence-corrected chi connectivity index (χ1v) is 8.76. The minimum atomic E-state index is -3.82. The van der Waals surface area contributed by atoms with E-state index in [9.17, 15) is 13.2 Å². The molecular formula is C17H20N2O4S. The molecule has 0 saturated carbocycles. The minimum absolute atomic E-state index is 0.0129. The zero-order valence-electron chi connectivity index (χ0n) is 14.0. The first kappa shape index (κ1) is 17.8. The van der Waals surface area contributed by atoms with E-state index in [0.29, 0.717) is 11.4 Å². The second-order valence-corrected chi connectivity index (χ2v) is 7.11. The maximum atomic E-state index is 12.6. The van der Waals surface area contributed by atoms with Gasteiger partial charge < -0.3 is 10.1 Å². The summed E-state index contributed by atoms with van der Waals surface area (Å²) in [6, 6.07) is 9.59. The number of benzene rings is 2. The van der Waals surface area contributed by atoms with E-state index < -0.39 is 15.9 Å². The van der Waals surface area contributed by atoms with Gasteiger partial charge in [-0.15, -0.1) is 0 Å². The van der Waals surface area contributed by atoms with Gasteiger partial charge in [-0.25, -0.2) is 8.42 Å². The fraction of sp³-hybridized carbons (Fsp3) is 0.235. The van der Waals surface area contributed by atoms with Crippen LogP contribution in [0.5, 0.6) is 5.75 Å². The highest BCUT2D eigenvalue weighted by atomic mass is 32.2. The summed E-state index contributed by atoms with van der Waals surface area (Å²) in [7, 11) is -0.932. The number of rotatable bonds is 5. The Bertz CT molecular complexity index is 856. The summed E-state index contributed by atoms with van der Waals surface area (Å²) < 4.78 is 32.9. The lowest BCUT2D eigenvalue weighted by atomic mass is 10.1. The van der Waals surface area contributed by atoms with E-state index in [1.807, 2.05) is 19.9 Å². The lowest BCUT2D eigenvalue weighted by molar-refractivity contribution is 0.0960. The van der Waals surface area contributed by atoms with Crippen LogP contribution in [-0.4, -0.2) is 28.5 Å². The van der Waals surface area contributed by atoms with Crippen LogP contribution in [0, 0.1) is 13.8 Å². The van der Waals surface area contributed by atoms with E-state index in [1.54, 1.807) is 12.1 Å². The molecule has 0 aliphatic rings. The monoisotopic (exact) mass is 348 g/mol. The van der Waals surface area contributed by atoms with Crippen molar-refractivity contribution in [3.05, 3.63) is 53.1 Å². The second-order valence-electron chi connectivity index (χ2n) is 5.42. The number of aryl methyl sites for hydroxylation is 2. The normalized spacial score (nSPS) is 11.0. The van der Waals surface area contributed by atoms with Crippen molar-refractivity contribution in [2.45, 2.75) is 18.7 Å². The Kier molecular flexibility index (Phi) is 5.14. The van der Waals surface area contributed by atoms with Crippen LogP contribution in [0.1, 0.15) is 21.5 Å². The average Bonchev–Trinajstić information content (AvgIpc) is 2.52. The molecule has 0 atom stereocenters. The number of ether oxygens (including phenoxy) is 1. The van der Waals surface area contributed by atoms with Gasteiger partial charge in [0.1, 0.15) is 5.75 Å². The van der Waals surface area contributed by atoms with Gasteiger partial charge in [0.25, 0.3) is 15.9 Å². The van der Waals surface area contributed by atoms with Gasteiger partial charge in [0.2, 0.25) is 0 Å². The first-order chi connectivity index (χ1) is 11.3. The lowest BCUT2D eigenvalue weighted by Crippen LogP contribution is -2.20. The number of carbonyl (C=O) groups is 1. The van der Waals surface area contributed by atoms with Gasteiger partial charge in [0.05, 0.1) is 17.6 Å². The Morgan fingerprint density at radius 2 is 1.67 bits per heavy atom. The molecule has 2 aromatic carbocycles. The number of anilines is 1. The third kappa shape index (κ3) is 3.86. The average molecular weight is 348 g/mol. The fourth-order valence-corrected chi connectivity index (χ4v) is 3.48. The minimum Gasteiger partial charge on any atom is -0.496 e. The van der Waals surface area contributed by atoms with Gasteiger partial charge in [-0.3, -0.25) is 9.52 Å². The molecular weight excluding hydrogens is 328 g/mol. The van der Waals surface area contributed by atoms with Crippen molar-refractivity contribution in [1.29, 1.82) is 0 Å². The second kappa shape index (κ2) is 6.92. The first-order valence-electron chi connectivity index (χ1n) is 7.28. The SMILES string of the molecule is CNC(=O)c1cc(S(=O)(=O)Nc2cc(C)cc(C)c2)ccc1OC. The molecule has 0 spiro atoms. The van der Waals surface area contributed by atoms with Crippen molar-refractivity contribution >= 4 is 21.6 Å². The van der Waals surface area contributed by atoms with Gasteiger partial charge in [-0.1, -0.05) is 6.07 Å². The highest BCUT2D eigenvalue weighted by Gasteiger charge is 2.19. The highest BCUT2D eigenvalue weighted by Crippen LogP contribution is 2.24. The molecule has 0 bridgehead atoms. The summed E-state index contributed by atoms with van der Waals surface area (Å²) in [5.74, 6) is -0.116. The highest BCUT2D eigenvalue weighted by molar-refractivity contribution is 7.92. The molecule has 2 aromatic rings. The maximum Gasteiger partial charge on any atom is 0.261 e. The van der Waals surface area contributed by atoms with Crippen molar-refractivity contribution in [2.24, 2.45) is 0 Å². The molecule has 1 amide bonds. The number of hydrogen-bond donors (Lipinski definition) is 2. The van der Waals surface area contributed by atoms with E-state index in [0.717, 1.165) is 11.1 Å². The summed E-state index contributed by atoms with van der Waals surface area (Å²) in [5.41, 5.74) is 2.54. The fourth-order valence-electron chi connectivity index (χ4n) is 2.41. The molecule has 0 aliphatic heterocycles. The quantitative estimate of drug-likeness (QED) is 0.869. The van der Waals surface area contributed by atoms with Gasteiger partial charge in [0.15, 0.2) is 0 Å². The van der Waals surface area contributed by atoms with Crippen LogP contribution in [0.4, 0.5) is 5.69 Å². The molecule has 2 N–H and O–H groups in total. The van der Waals surface area contributed by atoms with E-state index in [4.69, 9.17) is 4.74 Å². The Morgan fingerprint density at radius 1 is 1.04 bits per heavy atom. The summed E-state index contributed by atoms with van der Waals surface area (Å²) in [6.45, 7) is 3.78. The van der Waals surface area contributed by atoms with Crippen molar-refractivity contribution in [3.63, 3.8) is 0 Å². The number of hydrogen-bond acceptors (Lipinski definition) is 4. The molecule has 0 aliphatic carbocycles. The largest absolute Gasteiger partial charge is 0.496 e. The lowest BCUT2D eigenvalue weighted by Gasteiger charge is -2.12. The van der Waals surface area contributed by atoms with E-state index in [-0.39, 0.29) is 10.5 Å². The van der Waals surface area contributed by atoms with E-state index in [2.05, 4.69) is 10.0 Å². The summed E-state index contributed by atoms with van der Waals surface area (Å²) in [4.78, 5) is 11.9. The number of amides is 1. The van der Waals surface area contributed by atoms with E-state index >= 15 is 0 Å². The van der Waals surface area contributed by atoms with Gasteiger partial charge in [0, 0.05) is 12.7 Å². The predicted molar refractivity (Wildman–Crippen MR) is 93.1 cm³/mol. The molecule has 0 aromatic heterocycles. The summed E-state index contributed by atoms with van der Waals surface area (Å²) in [6.07, 6.45) is 0. The molecule has 6 nitrogen and oxygen atoms in total. The van der Waals surface area contributed by atoms with Crippen LogP contribution in [0.3, 0.4) is 0 Å². The predicted octanol–water partition coefficient (Wildman–Crippen LogP) is 2.47. The molecule has 0 heterocycles. The van der Waals surface area contributed by atoms with Crippen LogP contribution >= 0.6 is 0 Å². The zero-order valence-corrected chi connectivity index (χ0v) is 14.8. The zero-order chi connectivity index (χ0) is 17.9. The summed E-state index contributed by atoms with van der Waals surface area (Å²) in [5, 5.41) is 2.47. The van der Waals surface area contributed by atoms with Gasteiger partial charge in [-0.2, -0.15) is 0 Å². The third-order valence-corrected chi connectivity index (χ3v) is 4.81. The van der Waals surface area contributed by atoms with Crippen LogP contribution in [0.2, 0.25) is 0 Å². The van der Waals surface area contributed by atoms with Crippen LogP contribution in [-0.2, 0) is 10.0 Å². The van der Waals surface area contributed by atoms with Crippen molar-refractivity contribution in [3.8, 4) is 5.75 Å². The maximum absolute atomic E-state index is 12.6. The third-order valence-electron chi connectivity index (χ3n) is 3.43. The van der Waals surface area contributed by atoms with Crippen molar-refractivity contribution in [2.75, 3.05) is 18.9 Å². The standard InChI is InChI=1S/C17H20N2O4S/c1-11-7-12(2)9-13(8-11)19-24(21,22)14-5-6-16(23-4)15(10-14)17(20)18-3/h5-10,19H,1-4H3,(H,18,20). The number of methoxy groups -OCH3 is 1. The number of nitrogens with one attached hydrogen (secondary N) is 2. The molecule has 7 heteroatoms. The van der Waals surface area contributed by atoms with E-state index in [1.165, 1.54) is 32.4 Å². The number of carbonyl (C=O) groups excluding carboxylic acids is 1. The van der Waals surface area contributed by atoms with Gasteiger partial charge >= 0.3 is 0 Å². The Morgan fingerprint density at radius 3 is 2.21 bits per heavy atom. The van der Waals surface area contributed by atoms with Gasteiger partial charge in [-0.05, 0) is 55.3 Å². The van der Waals surface area contributed by atoms with Crippen LogP contribution in [0.15, 0.2) is 41.3 Å². The van der Waals surface area contributed by atoms with Crippen molar-refractivity contribution in [1.82, 2.24) is 5.32 Å². The Labute approximate surface area is 141 Å². The number of sulfonamides is 1. The molecule has 0 saturated heterocycles. The molecule has 0 fully saturated rings. The van der Waals surface area contributed by atoms with Crippen LogP contribution < -0.4 is 14.8 Å². The topological polar surface area (TPSA) is 84.5 Å². The Balaban J connectivity index is 2.43. The smallest absolute Gasteiger partial charge is 0.261 e. The molecule has 2 rings (SSSR count). The molecule has 24 heavy (non-hydrogen) atoms. The molecule has 128 valence electrons. The molecule has 0 radical (unpaired) electrons.